The minimum atomic E-state index is -0.488. The van der Waals surface area contributed by atoms with Crippen molar-refractivity contribution in [2.75, 3.05) is 6.61 Å². The van der Waals surface area contributed by atoms with Crippen LogP contribution in [-0.2, 0) is 20.9 Å². The first-order valence-corrected chi connectivity index (χ1v) is 6.14. The average molecular weight is 286 g/mol. The second kappa shape index (κ2) is 6.94. The summed E-state index contributed by atoms with van der Waals surface area (Å²) in [4.78, 5) is 22.8. The summed E-state index contributed by atoms with van der Waals surface area (Å²) < 4.78 is 6.16. The van der Waals surface area contributed by atoms with Crippen LogP contribution in [0, 0.1) is 6.92 Å². The molecule has 104 valence electrons. The maximum Gasteiger partial charge on any atom is 0.332 e. The highest BCUT2D eigenvalue weighted by molar-refractivity contribution is 6.31. The molecule has 0 bridgehead atoms. The van der Waals surface area contributed by atoms with Crippen LogP contribution in [0.5, 0.6) is 0 Å². The quantitative estimate of drug-likeness (QED) is 0.656. The fourth-order valence-electron chi connectivity index (χ4n) is 1.38. The van der Waals surface area contributed by atoms with E-state index < -0.39 is 5.97 Å². The Hall–Kier alpha value is -1.82. The number of halogens is 1. The van der Waals surface area contributed by atoms with E-state index in [0.29, 0.717) is 23.0 Å². The molecular weight excluding hydrogens is 270 g/mol. The number of esters is 1. The van der Waals surface area contributed by atoms with E-state index in [1.807, 2.05) is 0 Å². The van der Waals surface area contributed by atoms with Gasteiger partial charge in [-0.3, -0.25) is 9.48 Å². The molecule has 0 saturated heterocycles. The van der Waals surface area contributed by atoms with Gasteiger partial charge in [0.2, 0.25) is 5.91 Å². The molecule has 0 unspecified atom stereocenters. The molecule has 0 radical (unpaired) electrons. The Morgan fingerprint density at radius 2 is 2.26 bits per heavy atom. The van der Waals surface area contributed by atoms with E-state index in [4.69, 9.17) is 16.3 Å². The van der Waals surface area contributed by atoms with E-state index in [9.17, 15) is 9.59 Å². The molecule has 0 aromatic carbocycles. The zero-order valence-electron chi connectivity index (χ0n) is 11.1. The van der Waals surface area contributed by atoms with Gasteiger partial charge in [0.1, 0.15) is 6.54 Å². The van der Waals surface area contributed by atoms with Crippen molar-refractivity contribution in [1.82, 2.24) is 15.1 Å². The number of hydrogen-bond acceptors (Lipinski definition) is 4. The van der Waals surface area contributed by atoms with Crippen molar-refractivity contribution in [2.24, 2.45) is 0 Å². The van der Waals surface area contributed by atoms with E-state index in [0.717, 1.165) is 0 Å². The summed E-state index contributed by atoms with van der Waals surface area (Å²) in [5.41, 5.74) is 1.08. The molecule has 0 saturated carbocycles. The minimum absolute atomic E-state index is 0.0293. The summed E-state index contributed by atoms with van der Waals surface area (Å²) in [6.45, 7) is 5.39. The smallest absolute Gasteiger partial charge is 0.332 e. The van der Waals surface area contributed by atoms with Crippen LogP contribution in [0.1, 0.15) is 19.5 Å². The summed E-state index contributed by atoms with van der Waals surface area (Å²) in [6, 6.07) is 0. The van der Waals surface area contributed by atoms with Gasteiger partial charge in [-0.2, -0.15) is 5.10 Å². The standard InChI is InChI=1S/C12H16ClN3O3/c1-4-19-12(18)5-8(2)14-11(17)7-16-6-10(13)9(3)15-16/h5-6H,4,7H2,1-3H3,(H,14,17)/b8-5+. The molecule has 1 aromatic heterocycles. The van der Waals surface area contributed by atoms with Gasteiger partial charge in [0.15, 0.2) is 0 Å². The maximum absolute atomic E-state index is 11.7. The lowest BCUT2D eigenvalue weighted by Crippen LogP contribution is -2.26. The van der Waals surface area contributed by atoms with Crippen LogP contribution >= 0.6 is 11.6 Å². The molecule has 1 heterocycles. The zero-order chi connectivity index (χ0) is 14.4. The second-order valence-electron chi connectivity index (χ2n) is 3.89. The van der Waals surface area contributed by atoms with Gasteiger partial charge in [0.05, 0.1) is 17.3 Å². The lowest BCUT2D eigenvalue weighted by Gasteiger charge is -2.05. The first-order chi connectivity index (χ1) is 8.92. The predicted molar refractivity (Wildman–Crippen MR) is 70.5 cm³/mol. The highest BCUT2D eigenvalue weighted by Crippen LogP contribution is 2.11. The number of carbonyl (C=O) groups excluding carboxylic acids is 2. The number of nitrogens with one attached hydrogen (secondary N) is 1. The molecular formula is C12H16ClN3O3. The average Bonchev–Trinajstić information content (AvgIpc) is 2.57. The van der Waals surface area contributed by atoms with E-state index >= 15 is 0 Å². The maximum atomic E-state index is 11.7. The van der Waals surface area contributed by atoms with Gasteiger partial charge in [0.25, 0.3) is 0 Å². The van der Waals surface area contributed by atoms with Gasteiger partial charge in [-0.1, -0.05) is 11.6 Å². The summed E-state index contributed by atoms with van der Waals surface area (Å²) >= 11 is 5.83. The summed E-state index contributed by atoms with van der Waals surface area (Å²) in [6.07, 6.45) is 2.80. The van der Waals surface area contributed by atoms with Gasteiger partial charge in [0, 0.05) is 18.0 Å². The molecule has 1 N–H and O–H groups in total. The highest BCUT2D eigenvalue weighted by atomic mass is 35.5. The van der Waals surface area contributed by atoms with Gasteiger partial charge in [-0.25, -0.2) is 4.79 Å². The molecule has 0 aliphatic rings. The molecule has 19 heavy (non-hydrogen) atoms. The third-order valence-corrected chi connectivity index (χ3v) is 2.52. The molecule has 0 aliphatic heterocycles. The molecule has 1 rings (SSSR count). The van der Waals surface area contributed by atoms with E-state index in [2.05, 4.69) is 10.4 Å². The fourth-order valence-corrected chi connectivity index (χ4v) is 1.53. The zero-order valence-corrected chi connectivity index (χ0v) is 11.8. The number of aryl methyl sites for hydroxylation is 1. The van der Waals surface area contributed by atoms with Gasteiger partial charge in [-0.15, -0.1) is 0 Å². The van der Waals surface area contributed by atoms with Crippen molar-refractivity contribution < 1.29 is 14.3 Å². The van der Waals surface area contributed by atoms with Crippen LogP contribution < -0.4 is 5.32 Å². The monoisotopic (exact) mass is 285 g/mol. The molecule has 1 amide bonds. The fraction of sp³-hybridized carbons (Fsp3) is 0.417. The molecule has 1 aromatic rings. The van der Waals surface area contributed by atoms with Gasteiger partial charge >= 0.3 is 5.97 Å². The van der Waals surface area contributed by atoms with Gasteiger partial charge < -0.3 is 10.1 Å². The van der Waals surface area contributed by atoms with Crippen LogP contribution in [-0.4, -0.2) is 28.3 Å². The number of hydrogen-bond donors (Lipinski definition) is 1. The Balaban J connectivity index is 2.53. The van der Waals surface area contributed by atoms with Crippen LogP contribution in [0.4, 0.5) is 0 Å². The lowest BCUT2D eigenvalue weighted by molar-refractivity contribution is -0.137. The van der Waals surface area contributed by atoms with E-state index in [-0.39, 0.29) is 12.5 Å². The Morgan fingerprint density at radius 3 is 2.79 bits per heavy atom. The summed E-state index contributed by atoms with van der Waals surface area (Å²) in [5.74, 6) is -0.782. The number of carbonyl (C=O) groups is 2. The van der Waals surface area contributed by atoms with Crippen molar-refractivity contribution in [3.63, 3.8) is 0 Å². The minimum Gasteiger partial charge on any atom is -0.463 e. The van der Waals surface area contributed by atoms with E-state index in [1.54, 1.807) is 27.0 Å². The summed E-state index contributed by atoms with van der Waals surface area (Å²) in [5, 5.41) is 7.13. The van der Waals surface area contributed by atoms with Gasteiger partial charge in [-0.05, 0) is 20.8 Å². The van der Waals surface area contributed by atoms with Crippen molar-refractivity contribution in [2.45, 2.75) is 27.3 Å². The third-order valence-electron chi connectivity index (χ3n) is 2.15. The first-order valence-electron chi connectivity index (χ1n) is 5.76. The summed E-state index contributed by atoms with van der Waals surface area (Å²) in [7, 11) is 0. The first kappa shape index (κ1) is 15.2. The second-order valence-corrected chi connectivity index (χ2v) is 4.29. The molecule has 6 nitrogen and oxygen atoms in total. The van der Waals surface area contributed by atoms with Crippen LogP contribution in [0.2, 0.25) is 5.02 Å². The number of allylic oxidation sites excluding steroid dienone is 1. The predicted octanol–water partition coefficient (Wildman–Crippen LogP) is 1.43. The molecule has 0 fully saturated rings. The molecule has 0 spiro atoms. The highest BCUT2D eigenvalue weighted by Gasteiger charge is 2.08. The van der Waals surface area contributed by atoms with Crippen molar-refractivity contribution in [3.8, 4) is 0 Å². The van der Waals surface area contributed by atoms with Crippen LogP contribution in [0.25, 0.3) is 0 Å². The number of nitrogens with zero attached hydrogens (tertiary/aromatic N) is 2. The van der Waals surface area contributed by atoms with Crippen LogP contribution in [0.15, 0.2) is 18.0 Å². The number of amides is 1. The molecule has 0 atom stereocenters. The van der Waals surface area contributed by atoms with Crippen molar-refractivity contribution in [1.29, 1.82) is 0 Å². The Labute approximate surface area is 116 Å². The Bertz CT molecular complexity index is 489. The van der Waals surface area contributed by atoms with Crippen molar-refractivity contribution >= 4 is 23.5 Å². The number of ether oxygens (including phenoxy) is 1. The molecule has 0 aliphatic carbocycles. The van der Waals surface area contributed by atoms with E-state index in [1.165, 1.54) is 10.8 Å². The third kappa shape index (κ3) is 5.13. The SMILES string of the molecule is CCOC(=O)/C=C(\C)NC(=O)Cn1cc(Cl)c(C)n1. The Kier molecular flexibility index (Phi) is 5.57. The molecule has 7 heteroatoms. The topological polar surface area (TPSA) is 73.2 Å². The Morgan fingerprint density at radius 1 is 1.58 bits per heavy atom. The normalized spacial score (nSPS) is 11.3. The number of aromatic nitrogens is 2. The lowest BCUT2D eigenvalue weighted by atomic mass is 10.4. The van der Waals surface area contributed by atoms with Crippen molar-refractivity contribution in [3.05, 3.63) is 28.7 Å². The number of rotatable bonds is 5. The van der Waals surface area contributed by atoms with Crippen LogP contribution in [0.3, 0.4) is 0 Å². The largest absolute Gasteiger partial charge is 0.463 e.